The quantitative estimate of drug-likeness (QED) is 0.720. The summed E-state index contributed by atoms with van der Waals surface area (Å²) in [6.07, 6.45) is 2.69. The monoisotopic (exact) mass is 335 g/mol. The fourth-order valence-electron chi connectivity index (χ4n) is 3.94. The van der Waals surface area contributed by atoms with Gasteiger partial charge in [-0.25, -0.2) is 4.79 Å². The summed E-state index contributed by atoms with van der Waals surface area (Å²) in [5.41, 5.74) is 5.01. The number of hydrogen-bond donors (Lipinski definition) is 2. The van der Waals surface area contributed by atoms with Crippen LogP contribution in [0.25, 0.3) is 10.9 Å². The Bertz CT molecular complexity index is 885. The number of aromatic nitrogens is 1. The summed E-state index contributed by atoms with van der Waals surface area (Å²) in [5, 5.41) is 3.40. The minimum absolute atomic E-state index is 0.138. The standard InChI is InChI=1S/C21H22N2O2/c1-25-21(24)19-13-16-15-9-5-6-10-17(15)23-20(16)18(22-19)12-11-14-7-3-2-4-8-14/h2-10,18-19,22-23H,11-13H2,1H3/p+1/t18-,19-/m0/s1. The second-order valence-corrected chi connectivity index (χ2v) is 6.72. The molecule has 2 heterocycles. The van der Waals surface area contributed by atoms with E-state index in [1.165, 1.54) is 29.3 Å². The van der Waals surface area contributed by atoms with Crippen molar-refractivity contribution in [2.75, 3.05) is 7.11 Å². The Balaban J connectivity index is 1.66. The van der Waals surface area contributed by atoms with E-state index in [1.54, 1.807) is 0 Å². The van der Waals surface area contributed by atoms with Crippen LogP contribution in [0.15, 0.2) is 54.6 Å². The molecule has 4 nitrogen and oxygen atoms in total. The number of rotatable bonds is 4. The van der Waals surface area contributed by atoms with Crippen molar-refractivity contribution >= 4 is 16.9 Å². The first kappa shape index (κ1) is 15.9. The molecule has 128 valence electrons. The number of ether oxygens (including phenoxy) is 1. The highest BCUT2D eigenvalue weighted by Gasteiger charge is 2.37. The molecule has 1 aliphatic rings. The Morgan fingerprint density at radius 1 is 1.16 bits per heavy atom. The van der Waals surface area contributed by atoms with Crippen LogP contribution in [-0.4, -0.2) is 24.1 Å². The molecule has 1 aromatic heterocycles. The largest absolute Gasteiger partial charge is 0.465 e. The third kappa shape index (κ3) is 3.05. The number of nitrogens with two attached hydrogens (primary N) is 1. The van der Waals surface area contributed by atoms with Gasteiger partial charge in [0.05, 0.1) is 12.8 Å². The number of carbonyl (C=O) groups excluding carboxylic acids is 1. The van der Waals surface area contributed by atoms with Crippen LogP contribution < -0.4 is 5.32 Å². The van der Waals surface area contributed by atoms with E-state index in [9.17, 15) is 4.79 Å². The van der Waals surface area contributed by atoms with Gasteiger partial charge in [0, 0.05) is 23.7 Å². The summed E-state index contributed by atoms with van der Waals surface area (Å²) in [6, 6.07) is 18.9. The molecule has 0 aliphatic carbocycles. The number of esters is 1. The summed E-state index contributed by atoms with van der Waals surface area (Å²) in [6.45, 7) is 0. The van der Waals surface area contributed by atoms with Crippen molar-refractivity contribution in [2.24, 2.45) is 0 Å². The van der Waals surface area contributed by atoms with Crippen LogP contribution >= 0.6 is 0 Å². The Labute approximate surface area is 147 Å². The average molecular weight is 335 g/mol. The van der Waals surface area contributed by atoms with E-state index < -0.39 is 0 Å². The first-order valence-corrected chi connectivity index (χ1v) is 8.82. The molecule has 0 bridgehead atoms. The highest BCUT2D eigenvalue weighted by Crippen LogP contribution is 2.30. The minimum Gasteiger partial charge on any atom is -0.465 e. The molecule has 0 unspecified atom stereocenters. The number of para-hydroxylation sites is 1. The van der Waals surface area contributed by atoms with Crippen molar-refractivity contribution in [3.8, 4) is 0 Å². The van der Waals surface area contributed by atoms with Crippen molar-refractivity contribution in [2.45, 2.75) is 31.3 Å². The maximum absolute atomic E-state index is 12.2. The second kappa shape index (κ2) is 6.73. The molecule has 0 radical (unpaired) electrons. The molecular formula is C21H23N2O2+. The van der Waals surface area contributed by atoms with E-state index in [4.69, 9.17) is 4.74 Å². The Kier molecular flexibility index (Phi) is 4.28. The molecule has 0 saturated carbocycles. The van der Waals surface area contributed by atoms with Crippen molar-refractivity contribution in [1.82, 2.24) is 4.98 Å². The Morgan fingerprint density at radius 2 is 1.92 bits per heavy atom. The zero-order valence-corrected chi connectivity index (χ0v) is 14.4. The molecule has 0 fully saturated rings. The number of H-pyrrole nitrogens is 1. The lowest BCUT2D eigenvalue weighted by Crippen LogP contribution is -2.94. The maximum atomic E-state index is 12.2. The van der Waals surface area contributed by atoms with Crippen LogP contribution in [0.2, 0.25) is 0 Å². The molecule has 0 amide bonds. The third-order valence-electron chi connectivity index (χ3n) is 5.20. The normalized spacial score (nSPS) is 19.6. The topological polar surface area (TPSA) is 58.7 Å². The highest BCUT2D eigenvalue weighted by atomic mass is 16.5. The number of hydrogen-bond acceptors (Lipinski definition) is 2. The Hall–Kier alpha value is -2.59. The number of benzene rings is 2. The zero-order chi connectivity index (χ0) is 17.2. The van der Waals surface area contributed by atoms with Gasteiger partial charge in [0.15, 0.2) is 6.04 Å². The first-order valence-electron chi connectivity index (χ1n) is 8.82. The number of carbonyl (C=O) groups is 1. The van der Waals surface area contributed by atoms with Gasteiger partial charge in [-0.05, 0) is 23.6 Å². The maximum Gasteiger partial charge on any atom is 0.364 e. The van der Waals surface area contributed by atoms with E-state index in [-0.39, 0.29) is 18.1 Å². The molecule has 3 aromatic rings. The van der Waals surface area contributed by atoms with Crippen molar-refractivity contribution < 1.29 is 14.8 Å². The summed E-state index contributed by atoms with van der Waals surface area (Å²) < 4.78 is 5.02. The lowest BCUT2D eigenvalue weighted by Gasteiger charge is -2.26. The number of methoxy groups -OCH3 is 1. The third-order valence-corrected chi connectivity index (χ3v) is 5.20. The van der Waals surface area contributed by atoms with Crippen molar-refractivity contribution in [3.05, 3.63) is 71.4 Å². The summed E-state index contributed by atoms with van der Waals surface area (Å²) in [5.74, 6) is -0.138. The molecule has 1 aliphatic heterocycles. The van der Waals surface area contributed by atoms with E-state index in [0.29, 0.717) is 6.42 Å². The SMILES string of the molecule is COC(=O)[C@@H]1Cc2c([nH]c3ccccc23)[C@H](CCc2ccccc2)[NH2+]1. The van der Waals surface area contributed by atoms with E-state index in [2.05, 4.69) is 52.8 Å². The number of aryl methyl sites for hydroxylation is 1. The molecule has 4 heteroatoms. The number of quaternary nitrogens is 1. The summed E-state index contributed by atoms with van der Waals surface area (Å²) >= 11 is 0. The van der Waals surface area contributed by atoms with Crippen LogP contribution in [0.4, 0.5) is 0 Å². The van der Waals surface area contributed by atoms with Crippen molar-refractivity contribution in [3.63, 3.8) is 0 Å². The lowest BCUT2D eigenvalue weighted by molar-refractivity contribution is -0.721. The van der Waals surface area contributed by atoms with Gasteiger partial charge in [0.25, 0.3) is 0 Å². The predicted octanol–water partition coefficient (Wildman–Crippen LogP) is 2.50. The average Bonchev–Trinajstić information content (AvgIpc) is 3.05. The number of fused-ring (bicyclic) bond motifs is 3. The van der Waals surface area contributed by atoms with Gasteiger partial charge in [0.1, 0.15) is 6.04 Å². The molecule has 4 rings (SSSR count). The van der Waals surface area contributed by atoms with E-state index in [1.807, 2.05) is 12.1 Å². The number of aromatic amines is 1. The molecule has 25 heavy (non-hydrogen) atoms. The van der Waals surface area contributed by atoms with E-state index >= 15 is 0 Å². The van der Waals surface area contributed by atoms with Gasteiger partial charge >= 0.3 is 5.97 Å². The first-order chi connectivity index (χ1) is 12.3. The second-order valence-electron chi connectivity index (χ2n) is 6.72. The smallest absolute Gasteiger partial charge is 0.364 e. The Morgan fingerprint density at radius 3 is 2.72 bits per heavy atom. The summed E-state index contributed by atoms with van der Waals surface area (Å²) in [7, 11) is 1.47. The molecule has 3 N–H and O–H groups in total. The highest BCUT2D eigenvalue weighted by molar-refractivity contribution is 5.86. The van der Waals surface area contributed by atoms with Gasteiger partial charge in [-0.1, -0.05) is 48.5 Å². The van der Waals surface area contributed by atoms with Gasteiger partial charge in [0.2, 0.25) is 0 Å². The van der Waals surface area contributed by atoms with Crippen LogP contribution in [0.5, 0.6) is 0 Å². The van der Waals surface area contributed by atoms with Gasteiger partial charge in [-0.15, -0.1) is 0 Å². The molecular weight excluding hydrogens is 312 g/mol. The van der Waals surface area contributed by atoms with Gasteiger partial charge < -0.3 is 15.0 Å². The lowest BCUT2D eigenvalue weighted by atomic mass is 9.91. The van der Waals surface area contributed by atoms with E-state index in [0.717, 1.165) is 18.4 Å². The molecule has 2 atom stereocenters. The summed E-state index contributed by atoms with van der Waals surface area (Å²) in [4.78, 5) is 15.8. The predicted molar refractivity (Wildman–Crippen MR) is 97.2 cm³/mol. The van der Waals surface area contributed by atoms with Gasteiger partial charge in [-0.3, -0.25) is 0 Å². The molecule has 0 saturated heterocycles. The van der Waals surface area contributed by atoms with Crippen LogP contribution in [0, 0.1) is 0 Å². The number of nitrogens with one attached hydrogen (secondary N) is 1. The molecule has 0 spiro atoms. The van der Waals surface area contributed by atoms with Crippen LogP contribution in [-0.2, 0) is 22.4 Å². The fourth-order valence-corrected chi connectivity index (χ4v) is 3.94. The van der Waals surface area contributed by atoms with Crippen LogP contribution in [0.3, 0.4) is 0 Å². The molecule has 2 aromatic carbocycles. The fraction of sp³-hybridized carbons (Fsp3) is 0.286. The van der Waals surface area contributed by atoms with Gasteiger partial charge in [-0.2, -0.15) is 0 Å². The van der Waals surface area contributed by atoms with Crippen LogP contribution in [0.1, 0.15) is 29.3 Å². The minimum atomic E-state index is -0.169. The zero-order valence-electron chi connectivity index (χ0n) is 14.4. The van der Waals surface area contributed by atoms with Crippen molar-refractivity contribution in [1.29, 1.82) is 0 Å².